The molecular formula is C10H10ClN3O2. The van der Waals surface area contributed by atoms with E-state index >= 15 is 0 Å². The lowest BCUT2D eigenvalue weighted by molar-refractivity contribution is -0.138. The molecule has 0 aliphatic heterocycles. The first kappa shape index (κ1) is 10.9. The summed E-state index contributed by atoms with van der Waals surface area (Å²) in [6.45, 7) is 1.86. The average molecular weight is 240 g/mol. The summed E-state index contributed by atoms with van der Waals surface area (Å²) in [6.07, 6.45) is 0. The third kappa shape index (κ3) is 1.54. The van der Waals surface area contributed by atoms with Crippen molar-refractivity contribution in [1.29, 1.82) is 0 Å². The number of nitrogens with zero attached hydrogens (tertiary/aromatic N) is 2. The molecule has 0 saturated carbocycles. The Bertz CT molecular complexity index is 564. The van der Waals surface area contributed by atoms with Crippen molar-refractivity contribution in [1.82, 2.24) is 9.38 Å². The molecule has 0 aliphatic carbocycles. The Labute approximate surface area is 96.5 Å². The van der Waals surface area contributed by atoms with Crippen LogP contribution in [-0.4, -0.2) is 20.5 Å². The standard InChI is InChI=1S/C10H10ClN3O2/c1-5-3-2-4-6-13-8(7(12)10(15)16)9(11)14(5)6/h2-4,7H,12H2,1H3,(H,15,16). The van der Waals surface area contributed by atoms with E-state index in [0.29, 0.717) is 5.65 Å². The molecule has 3 N–H and O–H groups in total. The molecule has 2 heterocycles. The van der Waals surface area contributed by atoms with Gasteiger partial charge in [-0.15, -0.1) is 0 Å². The zero-order valence-electron chi connectivity index (χ0n) is 8.51. The van der Waals surface area contributed by atoms with Crippen molar-refractivity contribution in [3.8, 4) is 0 Å². The molecule has 2 rings (SSSR count). The summed E-state index contributed by atoms with van der Waals surface area (Å²) < 4.78 is 1.67. The number of imidazole rings is 1. The van der Waals surface area contributed by atoms with E-state index in [1.54, 1.807) is 10.5 Å². The fourth-order valence-electron chi connectivity index (χ4n) is 1.54. The molecule has 0 spiro atoms. The van der Waals surface area contributed by atoms with Crippen LogP contribution in [0.25, 0.3) is 5.65 Å². The van der Waals surface area contributed by atoms with Crippen LogP contribution in [0.3, 0.4) is 0 Å². The molecule has 0 aromatic carbocycles. The molecule has 0 amide bonds. The number of hydrogen-bond donors (Lipinski definition) is 2. The van der Waals surface area contributed by atoms with Gasteiger partial charge in [0.05, 0.1) is 0 Å². The maximum atomic E-state index is 10.8. The Kier molecular flexibility index (Phi) is 2.57. The minimum absolute atomic E-state index is 0.184. The van der Waals surface area contributed by atoms with Crippen LogP contribution >= 0.6 is 11.6 Å². The number of fused-ring (bicyclic) bond motifs is 1. The molecule has 1 atom stereocenters. The molecule has 0 saturated heterocycles. The number of carbonyl (C=O) groups is 1. The van der Waals surface area contributed by atoms with E-state index in [9.17, 15) is 4.79 Å². The fraction of sp³-hybridized carbons (Fsp3) is 0.200. The minimum Gasteiger partial charge on any atom is -0.480 e. The predicted octanol–water partition coefficient (Wildman–Crippen LogP) is 1.38. The van der Waals surface area contributed by atoms with E-state index in [-0.39, 0.29) is 10.8 Å². The van der Waals surface area contributed by atoms with E-state index in [4.69, 9.17) is 22.4 Å². The van der Waals surface area contributed by atoms with Crippen molar-refractivity contribution >= 4 is 23.2 Å². The van der Waals surface area contributed by atoms with Crippen molar-refractivity contribution in [3.63, 3.8) is 0 Å². The van der Waals surface area contributed by atoms with Crippen LogP contribution in [0.4, 0.5) is 0 Å². The molecule has 5 nitrogen and oxygen atoms in total. The van der Waals surface area contributed by atoms with Crippen molar-refractivity contribution < 1.29 is 9.90 Å². The summed E-state index contributed by atoms with van der Waals surface area (Å²) >= 11 is 6.06. The Morgan fingerprint density at radius 2 is 2.31 bits per heavy atom. The Hall–Kier alpha value is -1.59. The van der Waals surface area contributed by atoms with Gasteiger partial charge in [-0.25, -0.2) is 4.98 Å². The van der Waals surface area contributed by atoms with Crippen molar-refractivity contribution in [2.75, 3.05) is 0 Å². The van der Waals surface area contributed by atoms with Crippen LogP contribution in [-0.2, 0) is 4.79 Å². The number of nitrogens with two attached hydrogens (primary N) is 1. The van der Waals surface area contributed by atoms with Gasteiger partial charge in [0.2, 0.25) is 0 Å². The normalized spacial score (nSPS) is 12.9. The summed E-state index contributed by atoms with van der Waals surface area (Å²) in [6, 6.07) is 4.23. The number of rotatable bonds is 2. The van der Waals surface area contributed by atoms with Crippen LogP contribution in [0.15, 0.2) is 18.2 Å². The molecule has 0 fully saturated rings. The number of hydrogen-bond acceptors (Lipinski definition) is 3. The van der Waals surface area contributed by atoms with Gasteiger partial charge in [-0.05, 0) is 19.1 Å². The summed E-state index contributed by atoms with van der Waals surface area (Å²) in [5, 5.41) is 9.07. The molecule has 2 aromatic rings. The molecule has 0 aliphatic rings. The fourth-order valence-corrected chi connectivity index (χ4v) is 1.92. The zero-order chi connectivity index (χ0) is 11.9. The third-order valence-corrected chi connectivity index (χ3v) is 2.73. The first-order valence-electron chi connectivity index (χ1n) is 4.64. The molecule has 16 heavy (non-hydrogen) atoms. The SMILES string of the molecule is Cc1cccc2nc(C(N)C(=O)O)c(Cl)n12. The smallest absolute Gasteiger partial charge is 0.326 e. The van der Waals surface area contributed by atoms with E-state index < -0.39 is 12.0 Å². The van der Waals surface area contributed by atoms with E-state index in [1.807, 2.05) is 19.1 Å². The lowest BCUT2D eigenvalue weighted by atomic mass is 10.2. The van der Waals surface area contributed by atoms with Gasteiger partial charge in [-0.2, -0.15) is 0 Å². The lowest BCUT2D eigenvalue weighted by Crippen LogP contribution is -2.21. The van der Waals surface area contributed by atoms with E-state index in [2.05, 4.69) is 4.98 Å². The molecule has 6 heteroatoms. The number of aryl methyl sites for hydroxylation is 1. The number of aliphatic carboxylic acids is 1. The van der Waals surface area contributed by atoms with Gasteiger partial charge in [-0.1, -0.05) is 17.7 Å². The van der Waals surface area contributed by atoms with Crippen LogP contribution in [0.5, 0.6) is 0 Å². The molecule has 2 aromatic heterocycles. The summed E-state index contributed by atoms with van der Waals surface area (Å²) in [4.78, 5) is 14.9. The molecule has 0 radical (unpaired) electrons. The summed E-state index contributed by atoms with van der Waals surface area (Å²) in [5.41, 5.74) is 7.14. The van der Waals surface area contributed by atoms with Gasteiger partial charge < -0.3 is 10.8 Å². The van der Waals surface area contributed by atoms with E-state index in [1.165, 1.54) is 0 Å². The highest BCUT2D eigenvalue weighted by Crippen LogP contribution is 2.24. The number of pyridine rings is 1. The van der Waals surface area contributed by atoms with Crippen molar-refractivity contribution in [2.24, 2.45) is 5.73 Å². The van der Waals surface area contributed by atoms with Gasteiger partial charge in [0, 0.05) is 5.69 Å². The average Bonchev–Trinajstić information content (AvgIpc) is 2.56. The Balaban J connectivity index is 2.70. The monoisotopic (exact) mass is 239 g/mol. The second-order valence-electron chi connectivity index (χ2n) is 3.46. The highest BCUT2D eigenvalue weighted by atomic mass is 35.5. The summed E-state index contributed by atoms with van der Waals surface area (Å²) in [5.74, 6) is -1.15. The van der Waals surface area contributed by atoms with Crippen molar-refractivity contribution in [2.45, 2.75) is 13.0 Å². The van der Waals surface area contributed by atoms with Gasteiger partial charge in [0.1, 0.15) is 22.5 Å². The van der Waals surface area contributed by atoms with Crippen LogP contribution in [0.1, 0.15) is 17.4 Å². The Morgan fingerprint density at radius 3 is 2.88 bits per heavy atom. The second kappa shape index (κ2) is 3.77. The maximum Gasteiger partial charge on any atom is 0.326 e. The van der Waals surface area contributed by atoms with Gasteiger partial charge in [0.15, 0.2) is 0 Å². The lowest BCUT2D eigenvalue weighted by Gasteiger charge is -2.03. The zero-order valence-corrected chi connectivity index (χ0v) is 9.27. The minimum atomic E-state index is -1.20. The first-order chi connectivity index (χ1) is 7.52. The second-order valence-corrected chi connectivity index (χ2v) is 3.82. The number of aromatic nitrogens is 2. The highest BCUT2D eigenvalue weighted by molar-refractivity contribution is 6.30. The molecule has 1 unspecified atom stereocenters. The largest absolute Gasteiger partial charge is 0.480 e. The first-order valence-corrected chi connectivity index (χ1v) is 5.02. The Morgan fingerprint density at radius 1 is 1.62 bits per heavy atom. The number of carboxylic acid groups (broad SMARTS) is 1. The maximum absolute atomic E-state index is 10.8. The van der Waals surface area contributed by atoms with Crippen LogP contribution in [0.2, 0.25) is 5.15 Å². The molecular weight excluding hydrogens is 230 g/mol. The van der Waals surface area contributed by atoms with Crippen LogP contribution in [0, 0.1) is 6.92 Å². The van der Waals surface area contributed by atoms with Gasteiger partial charge in [-0.3, -0.25) is 9.20 Å². The topological polar surface area (TPSA) is 80.6 Å². The predicted molar refractivity (Wildman–Crippen MR) is 59.5 cm³/mol. The van der Waals surface area contributed by atoms with Gasteiger partial charge in [0.25, 0.3) is 0 Å². The molecule has 84 valence electrons. The van der Waals surface area contributed by atoms with E-state index in [0.717, 1.165) is 5.69 Å². The van der Waals surface area contributed by atoms with Crippen molar-refractivity contribution in [3.05, 3.63) is 34.7 Å². The molecule has 0 bridgehead atoms. The van der Waals surface area contributed by atoms with Gasteiger partial charge >= 0.3 is 5.97 Å². The number of halogens is 1. The quantitative estimate of drug-likeness (QED) is 0.830. The summed E-state index contributed by atoms with van der Waals surface area (Å²) in [7, 11) is 0. The van der Waals surface area contributed by atoms with Crippen LogP contribution < -0.4 is 5.73 Å². The number of carboxylic acids is 1. The highest BCUT2D eigenvalue weighted by Gasteiger charge is 2.22. The third-order valence-electron chi connectivity index (χ3n) is 2.37.